The maximum atomic E-state index is 12.6. The molecule has 1 aliphatic heterocycles. The van der Waals surface area contributed by atoms with Crippen molar-refractivity contribution < 1.29 is 13.2 Å². The molecule has 1 aromatic rings. The minimum absolute atomic E-state index is 0.474. The third-order valence-electron chi connectivity index (χ3n) is 3.46. The van der Waals surface area contributed by atoms with Gasteiger partial charge in [0.25, 0.3) is 0 Å². The molecule has 1 aromatic heterocycles. The Bertz CT molecular complexity index is 423. The summed E-state index contributed by atoms with van der Waals surface area (Å²) >= 11 is 0. The van der Waals surface area contributed by atoms with Gasteiger partial charge in [0.1, 0.15) is 0 Å². The molecule has 1 saturated heterocycles. The number of anilines is 1. The first kappa shape index (κ1) is 14.1. The van der Waals surface area contributed by atoms with Crippen LogP contribution in [0.2, 0.25) is 0 Å². The quantitative estimate of drug-likeness (QED) is 0.825. The fourth-order valence-corrected chi connectivity index (χ4v) is 2.25. The highest BCUT2D eigenvalue weighted by molar-refractivity contribution is 5.47. The summed E-state index contributed by atoms with van der Waals surface area (Å²) in [6, 6.07) is 1.65. The molecular weight excluding hydrogens is 255 g/mol. The summed E-state index contributed by atoms with van der Waals surface area (Å²) in [6.07, 6.45) is -1.96. The molecule has 1 aliphatic rings. The van der Waals surface area contributed by atoms with E-state index in [9.17, 15) is 13.2 Å². The fraction of sp³-hybridized carbons (Fsp3) is 0.615. The van der Waals surface area contributed by atoms with Gasteiger partial charge in [0.2, 0.25) is 0 Å². The van der Waals surface area contributed by atoms with Crippen molar-refractivity contribution in [3.8, 4) is 0 Å². The number of hydrogen-bond acceptors (Lipinski definition) is 3. The number of nitrogens with zero attached hydrogens (tertiary/aromatic N) is 3. The van der Waals surface area contributed by atoms with Gasteiger partial charge in [-0.05, 0) is 19.9 Å². The highest BCUT2D eigenvalue weighted by Gasteiger charge is 2.31. The van der Waals surface area contributed by atoms with Crippen molar-refractivity contribution >= 4 is 5.69 Å². The number of hydrogen-bond donors (Lipinski definition) is 0. The summed E-state index contributed by atoms with van der Waals surface area (Å²) in [5.41, 5.74) is -0.130. The van der Waals surface area contributed by atoms with E-state index in [1.54, 1.807) is 0 Å². The summed E-state index contributed by atoms with van der Waals surface area (Å²) in [6.45, 7) is 7.47. The second kappa shape index (κ2) is 5.36. The van der Waals surface area contributed by atoms with Crippen LogP contribution in [0.3, 0.4) is 0 Å². The third-order valence-corrected chi connectivity index (χ3v) is 3.46. The standard InChI is InChI=1S/C13H18F3N3/c1-10(2)18-3-5-19(6-4-18)12-7-11(8-17-9-12)13(14,15)16/h7-10H,3-6H2,1-2H3. The Balaban J connectivity index is 2.08. The second-order valence-corrected chi connectivity index (χ2v) is 5.05. The monoisotopic (exact) mass is 273 g/mol. The van der Waals surface area contributed by atoms with E-state index in [0.29, 0.717) is 11.7 Å². The molecule has 0 aliphatic carbocycles. The van der Waals surface area contributed by atoms with Crippen LogP contribution in [-0.4, -0.2) is 42.1 Å². The van der Waals surface area contributed by atoms with Gasteiger partial charge in [0, 0.05) is 38.4 Å². The highest BCUT2D eigenvalue weighted by atomic mass is 19.4. The predicted octanol–water partition coefficient (Wildman–Crippen LogP) is 2.63. The van der Waals surface area contributed by atoms with Crippen LogP contribution < -0.4 is 4.90 Å². The smallest absolute Gasteiger partial charge is 0.368 e. The lowest BCUT2D eigenvalue weighted by Gasteiger charge is -2.38. The highest BCUT2D eigenvalue weighted by Crippen LogP contribution is 2.31. The van der Waals surface area contributed by atoms with Crippen molar-refractivity contribution in [2.75, 3.05) is 31.1 Å². The zero-order valence-corrected chi connectivity index (χ0v) is 11.1. The molecule has 0 N–H and O–H groups in total. The van der Waals surface area contributed by atoms with Crippen molar-refractivity contribution in [3.05, 3.63) is 24.0 Å². The van der Waals surface area contributed by atoms with Crippen LogP contribution in [0, 0.1) is 0 Å². The number of piperazine rings is 1. The van der Waals surface area contributed by atoms with E-state index in [4.69, 9.17) is 0 Å². The molecule has 0 unspecified atom stereocenters. The Labute approximate surface area is 111 Å². The molecular formula is C13H18F3N3. The van der Waals surface area contributed by atoms with Crippen molar-refractivity contribution in [2.45, 2.75) is 26.1 Å². The van der Waals surface area contributed by atoms with Crippen molar-refractivity contribution in [3.63, 3.8) is 0 Å². The Morgan fingerprint density at radius 1 is 1.11 bits per heavy atom. The molecule has 0 spiro atoms. The minimum Gasteiger partial charge on any atom is -0.368 e. The summed E-state index contributed by atoms with van der Waals surface area (Å²) in [5.74, 6) is 0. The van der Waals surface area contributed by atoms with Gasteiger partial charge in [0.05, 0.1) is 17.4 Å². The van der Waals surface area contributed by atoms with Crippen LogP contribution in [0.25, 0.3) is 0 Å². The molecule has 6 heteroatoms. The third kappa shape index (κ3) is 3.37. The average Bonchev–Trinajstić information content (AvgIpc) is 2.38. The Morgan fingerprint density at radius 2 is 1.74 bits per heavy atom. The maximum absolute atomic E-state index is 12.6. The van der Waals surface area contributed by atoms with Crippen LogP contribution in [0.4, 0.5) is 18.9 Å². The molecule has 0 atom stereocenters. The molecule has 3 nitrogen and oxygen atoms in total. The van der Waals surface area contributed by atoms with Crippen molar-refractivity contribution in [1.29, 1.82) is 0 Å². The minimum atomic E-state index is -4.33. The van der Waals surface area contributed by atoms with Crippen LogP contribution in [0.1, 0.15) is 19.4 Å². The van der Waals surface area contributed by atoms with Crippen molar-refractivity contribution in [2.24, 2.45) is 0 Å². The topological polar surface area (TPSA) is 19.4 Å². The lowest BCUT2D eigenvalue weighted by atomic mass is 10.2. The van der Waals surface area contributed by atoms with Crippen LogP contribution in [-0.2, 0) is 6.18 Å². The summed E-state index contributed by atoms with van der Waals surface area (Å²) in [5, 5.41) is 0. The van der Waals surface area contributed by atoms with E-state index in [1.807, 2.05) is 4.90 Å². The molecule has 106 valence electrons. The molecule has 0 bridgehead atoms. The number of pyridine rings is 1. The molecule has 0 aromatic carbocycles. The largest absolute Gasteiger partial charge is 0.417 e. The van der Waals surface area contributed by atoms with Crippen LogP contribution in [0.5, 0.6) is 0 Å². The summed E-state index contributed by atoms with van der Waals surface area (Å²) in [7, 11) is 0. The number of rotatable bonds is 2. The lowest BCUT2D eigenvalue weighted by molar-refractivity contribution is -0.137. The molecule has 1 fully saturated rings. The zero-order chi connectivity index (χ0) is 14.0. The molecule has 2 rings (SSSR count). The fourth-order valence-electron chi connectivity index (χ4n) is 2.25. The maximum Gasteiger partial charge on any atom is 0.417 e. The predicted molar refractivity (Wildman–Crippen MR) is 68.2 cm³/mol. The van der Waals surface area contributed by atoms with Gasteiger partial charge in [0.15, 0.2) is 0 Å². The van der Waals surface area contributed by atoms with E-state index < -0.39 is 11.7 Å². The van der Waals surface area contributed by atoms with Gasteiger partial charge >= 0.3 is 6.18 Å². The Morgan fingerprint density at radius 3 is 2.26 bits per heavy atom. The molecule has 0 radical (unpaired) electrons. The summed E-state index contributed by atoms with van der Waals surface area (Å²) < 4.78 is 37.9. The average molecular weight is 273 g/mol. The first-order chi connectivity index (χ1) is 8.88. The van der Waals surface area contributed by atoms with Gasteiger partial charge in [-0.15, -0.1) is 0 Å². The molecule has 0 saturated carbocycles. The van der Waals surface area contributed by atoms with E-state index in [0.717, 1.165) is 32.4 Å². The van der Waals surface area contributed by atoms with Gasteiger partial charge in [-0.1, -0.05) is 0 Å². The second-order valence-electron chi connectivity index (χ2n) is 5.05. The molecule has 2 heterocycles. The van der Waals surface area contributed by atoms with E-state index >= 15 is 0 Å². The van der Waals surface area contributed by atoms with E-state index in [-0.39, 0.29) is 0 Å². The SMILES string of the molecule is CC(C)N1CCN(c2cncc(C(F)(F)F)c2)CC1. The lowest BCUT2D eigenvalue weighted by Crippen LogP contribution is -2.49. The van der Waals surface area contributed by atoms with Gasteiger partial charge in [-0.25, -0.2) is 0 Å². The Hall–Kier alpha value is -1.30. The van der Waals surface area contributed by atoms with Gasteiger partial charge in [-0.3, -0.25) is 9.88 Å². The van der Waals surface area contributed by atoms with E-state index in [2.05, 4.69) is 23.7 Å². The van der Waals surface area contributed by atoms with Gasteiger partial charge in [-0.2, -0.15) is 13.2 Å². The van der Waals surface area contributed by atoms with E-state index in [1.165, 1.54) is 12.3 Å². The summed E-state index contributed by atoms with van der Waals surface area (Å²) in [4.78, 5) is 7.98. The Kier molecular flexibility index (Phi) is 3.99. The number of aromatic nitrogens is 1. The van der Waals surface area contributed by atoms with Crippen LogP contribution >= 0.6 is 0 Å². The number of alkyl halides is 3. The molecule has 0 amide bonds. The first-order valence-corrected chi connectivity index (χ1v) is 6.39. The normalized spacial score (nSPS) is 18.1. The first-order valence-electron chi connectivity index (χ1n) is 6.39. The van der Waals surface area contributed by atoms with Crippen LogP contribution in [0.15, 0.2) is 18.5 Å². The zero-order valence-electron chi connectivity index (χ0n) is 11.1. The number of halogens is 3. The molecule has 19 heavy (non-hydrogen) atoms. The van der Waals surface area contributed by atoms with Crippen molar-refractivity contribution in [1.82, 2.24) is 9.88 Å². The van der Waals surface area contributed by atoms with Gasteiger partial charge < -0.3 is 4.90 Å².